The molecule has 2 rings (SSSR count). The number of nitrogens with two attached hydrogens (primary N) is 1. The van der Waals surface area contributed by atoms with Gasteiger partial charge in [0, 0.05) is 11.6 Å². The zero-order valence-electron chi connectivity index (χ0n) is 8.83. The Balaban J connectivity index is 2.80. The lowest BCUT2D eigenvalue weighted by Gasteiger charge is -2.07. The number of nitrogen functional groups attached to an aromatic ring is 1. The first kappa shape index (κ1) is 11.6. The van der Waals surface area contributed by atoms with Gasteiger partial charge in [-0.25, -0.2) is 14.2 Å². The number of fused-ring (bicyclic) bond motifs is 1. The zero-order valence-corrected chi connectivity index (χ0v) is 9.58. The van der Waals surface area contributed by atoms with E-state index in [1.165, 1.54) is 25.4 Å². The highest BCUT2D eigenvalue weighted by molar-refractivity contribution is 6.36. The van der Waals surface area contributed by atoms with Crippen molar-refractivity contribution in [2.24, 2.45) is 0 Å². The molecule has 0 aliphatic heterocycles. The molecule has 0 aliphatic carbocycles. The minimum absolute atomic E-state index is 0.171. The third kappa shape index (κ3) is 1.89. The van der Waals surface area contributed by atoms with Crippen LogP contribution in [-0.2, 0) is 4.74 Å². The molecule has 0 bridgehead atoms. The quantitative estimate of drug-likeness (QED) is 0.794. The van der Waals surface area contributed by atoms with Crippen molar-refractivity contribution in [3.8, 4) is 0 Å². The Morgan fingerprint density at radius 1 is 1.53 bits per heavy atom. The molecule has 6 heteroatoms. The van der Waals surface area contributed by atoms with Crippen molar-refractivity contribution in [3.05, 3.63) is 34.7 Å². The van der Waals surface area contributed by atoms with Crippen LogP contribution in [0.5, 0.6) is 0 Å². The van der Waals surface area contributed by atoms with Crippen LogP contribution < -0.4 is 5.73 Å². The number of ether oxygens (including phenoxy) is 1. The SMILES string of the molecule is COC(=O)c1cc2cc(N)ncc2c(Cl)c1F. The molecule has 0 unspecified atom stereocenters. The highest BCUT2D eigenvalue weighted by Crippen LogP contribution is 2.29. The molecule has 88 valence electrons. The van der Waals surface area contributed by atoms with Gasteiger partial charge in [-0.1, -0.05) is 11.6 Å². The molecule has 2 aromatic rings. The molecule has 0 atom stereocenters. The molecule has 0 saturated heterocycles. The van der Waals surface area contributed by atoms with Crippen LogP contribution in [0.1, 0.15) is 10.4 Å². The Morgan fingerprint density at radius 3 is 2.88 bits per heavy atom. The highest BCUT2D eigenvalue weighted by atomic mass is 35.5. The Kier molecular flexibility index (Phi) is 2.85. The fourth-order valence-electron chi connectivity index (χ4n) is 1.50. The summed E-state index contributed by atoms with van der Waals surface area (Å²) in [7, 11) is 1.17. The van der Waals surface area contributed by atoms with E-state index in [1.807, 2.05) is 0 Å². The van der Waals surface area contributed by atoms with Gasteiger partial charge >= 0.3 is 5.97 Å². The first-order valence-electron chi connectivity index (χ1n) is 4.66. The van der Waals surface area contributed by atoms with Gasteiger partial charge in [0.05, 0.1) is 17.7 Å². The van der Waals surface area contributed by atoms with Crippen LogP contribution in [0.15, 0.2) is 18.3 Å². The minimum atomic E-state index is -0.822. The monoisotopic (exact) mass is 254 g/mol. The first-order valence-corrected chi connectivity index (χ1v) is 5.04. The minimum Gasteiger partial charge on any atom is -0.465 e. The van der Waals surface area contributed by atoms with E-state index in [0.717, 1.165) is 0 Å². The van der Waals surface area contributed by atoms with Crippen LogP contribution in [0.3, 0.4) is 0 Å². The zero-order chi connectivity index (χ0) is 12.6. The average Bonchev–Trinajstić information content (AvgIpc) is 2.32. The van der Waals surface area contributed by atoms with Crippen molar-refractivity contribution in [2.45, 2.75) is 0 Å². The number of nitrogens with zero attached hydrogens (tertiary/aromatic N) is 1. The average molecular weight is 255 g/mol. The molecule has 4 nitrogen and oxygen atoms in total. The van der Waals surface area contributed by atoms with Gasteiger partial charge in [0.15, 0.2) is 5.82 Å². The van der Waals surface area contributed by atoms with Gasteiger partial charge in [0.2, 0.25) is 0 Å². The van der Waals surface area contributed by atoms with Crippen molar-refractivity contribution in [1.82, 2.24) is 4.98 Å². The number of carbonyl (C=O) groups is 1. The van der Waals surface area contributed by atoms with E-state index in [-0.39, 0.29) is 16.4 Å². The second-order valence-electron chi connectivity index (χ2n) is 3.37. The third-order valence-electron chi connectivity index (χ3n) is 2.33. The van der Waals surface area contributed by atoms with Crippen molar-refractivity contribution >= 4 is 34.2 Å². The molecule has 0 aliphatic rings. The number of anilines is 1. The lowest BCUT2D eigenvalue weighted by Crippen LogP contribution is -2.05. The van der Waals surface area contributed by atoms with E-state index >= 15 is 0 Å². The normalized spacial score (nSPS) is 10.5. The van der Waals surface area contributed by atoms with Gasteiger partial charge in [-0.05, 0) is 17.5 Å². The number of esters is 1. The molecule has 0 saturated carbocycles. The standard InChI is InChI=1S/C11H8ClFN2O2/c1-17-11(16)6-2-5-3-8(14)15-4-7(5)9(12)10(6)13/h2-4H,1H3,(H2,14,15). The summed E-state index contributed by atoms with van der Waals surface area (Å²) in [6.45, 7) is 0. The summed E-state index contributed by atoms with van der Waals surface area (Å²) in [5, 5.41) is 0.755. The number of hydrogen-bond acceptors (Lipinski definition) is 4. The predicted molar refractivity (Wildman–Crippen MR) is 62.5 cm³/mol. The maximum Gasteiger partial charge on any atom is 0.340 e. The van der Waals surface area contributed by atoms with Gasteiger partial charge in [0.1, 0.15) is 5.82 Å². The molecule has 1 heterocycles. The van der Waals surface area contributed by atoms with Gasteiger partial charge < -0.3 is 10.5 Å². The van der Waals surface area contributed by atoms with E-state index in [2.05, 4.69) is 9.72 Å². The Morgan fingerprint density at radius 2 is 2.24 bits per heavy atom. The number of aromatic nitrogens is 1. The summed E-state index contributed by atoms with van der Waals surface area (Å²) in [6, 6.07) is 2.84. The van der Waals surface area contributed by atoms with Gasteiger partial charge in [-0.2, -0.15) is 0 Å². The summed E-state index contributed by atoms with van der Waals surface area (Å²) < 4.78 is 18.2. The fraction of sp³-hybridized carbons (Fsp3) is 0.0909. The Labute approximate surface area is 101 Å². The van der Waals surface area contributed by atoms with Gasteiger partial charge in [0.25, 0.3) is 0 Å². The van der Waals surface area contributed by atoms with Crippen LogP contribution >= 0.6 is 11.6 Å². The maximum atomic E-state index is 13.8. The second-order valence-corrected chi connectivity index (χ2v) is 3.75. The van der Waals surface area contributed by atoms with E-state index < -0.39 is 11.8 Å². The number of methoxy groups -OCH3 is 1. The molecule has 1 aromatic carbocycles. The molecule has 0 radical (unpaired) electrons. The summed E-state index contributed by atoms with van der Waals surface area (Å²) in [5.74, 6) is -1.35. The summed E-state index contributed by atoms with van der Waals surface area (Å²) in [4.78, 5) is 15.2. The van der Waals surface area contributed by atoms with Crippen LogP contribution in [0.25, 0.3) is 10.8 Å². The topological polar surface area (TPSA) is 65.2 Å². The Bertz CT molecular complexity index is 616. The number of hydrogen-bond donors (Lipinski definition) is 1. The molecule has 17 heavy (non-hydrogen) atoms. The van der Waals surface area contributed by atoms with Crippen LogP contribution in [-0.4, -0.2) is 18.1 Å². The summed E-state index contributed by atoms with van der Waals surface area (Å²) >= 11 is 5.82. The number of pyridine rings is 1. The molecular weight excluding hydrogens is 247 g/mol. The third-order valence-corrected chi connectivity index (χ3v) is 2.70. The van der Waals surface area contributed by atoms with Crippen LogP contribution in [0.2, 0.25) is 5.02 Å². The fourth-order valence-corrected chi connectivity index (χ4v) is 1.76. The summed E-state index contributed by atoms with van der Waals surface area (Å²) in [5.41, 5.74) is 5.28. The maximum absolute atomic E-state index is 13.8. The summed E-state index contributed by atoms with van der Waals surface area (Å²) in [6.07, 6.45) is 1.36. The second kappa shape index (κ2) is 4.18. The first-order chi connectivity index (χ1) is 8.04. The van der Waals surface area contributed by atoms with Crippen molar-refractivity contribution < 1.29 is 13.9 Å². The molecule has 0 amide bonds. The van der Waals surface area contributed by atoms with Gasteiger partial charge in [-0.15, -0.1) is 0 Å². The lowest BCUT2D eigenvalue weighted by atomic mass is 10.1. The van der Waals surface area contributed by atoms with Crippen molar-refractivity contribution in [3.63, 3.8) is 0 Å². The predicted octanol–water partition coefficient (Wildman–Crippen LogP) is 2.40. The number of benzene rings is 1. The van der Waals surface area contributed by atoms with E-state index in [9.17, 15) is 9.18 Å². The smallest absolute Gasteiger partial charge is 0.340 e. The van der Waals surface area contributed by atoms with Gasteiger partial charge in [-0.3, -0.25) is 0 Å². The van der Waals surface area contributed by atoms with Crippen molar-refractivity contribution in [1.29, 1.82) is 0 Å². The van der Waals surface area contributed by atoms with Crippen molar-refractivity contribution in [2.75, 3.05) is 12.8 Å². The number of carbonyl (C=O) groups excluding carboxylic acids is 1. The largest absolute Gasteiger partial charge is 0.465 e. The number of halogens is 2. The molecule has 0 spiro atoms. The lowest BCUT2D eigenvalue weighted by molar-refractivity contribution is 0.0596. The molecule has 2 N–H and O–H groups in total. The van der Waals surface area contributed by atoms with E-state index in [1.54, 1.807) is 0 Å². The number of rotatable bonds is 1. The molecule has 0 fully saturated rings. The van der Waals surface area contributed by atoms with E-state index in [4.69, 9.17) is 17.3 Å². The molecule has 1 aromatic heterocycles. The Hall–Kier alpha value is -1.88. The highest BCUT2D eigenvalue weighted by Gasteiger charge is 2.18. The van der Waals surface area contributed by atoms with E-state index in [0.29, 0.717) is 10.8 Å². The van der Waals surface area contributed by atoms with Crippen LogP contribution in [0, 0.1) is 5.82 Å². The molecular formula is C11H8ClFN2O2. The van der Waals surface area contributed by atoms with Crippen LogP contribution in [0.4, 0.5) is 10.2 Å².